The second-order valence-electron chi connectivity index (χ2n) is 4.45. The third-order valence-electron chi connectivity index (χ3n) is 3.09. The van der Waals surface area contributed by atoms with Crippen molar-refractivity contribution in [1.82, 2.24) is 0 Å². The van der Waals surface area contributed by atoms with Gasteiger partial charge in [0, 0.05) is 5.56 Å². The van der Waals surface area contributed by atoms with E-state index in [1.807, 2.05) is 6.07 Å². The summed E-state index contributed by atoms with van der Waals surface area (Å²) >= 11 is 0. The van der Waals surface area contributed by atoms with Crippen molar-refractivity contribution < 1.29 is 14.4 Å². The fourth-order valence-corrected chi connectivity index (χ4v) is 2.03. The molecule has 0 radical (unpaired) electrons. The summed E-state index contributed by atoms with van der Waals surface area (Å²) in [5.41, 5.74) is 1.17. The molecular weight excluding hydrogens is 254 g/mol. The van der Waals surface area contributed by atoms with Gasteiger partial charge in [0.15, 0.2) is 5.78 Å². The summed E-state index contributed by atoms with van der Waals surface area (Å²) in [5.74, 6) is -2.79. The summed E-state index contributed by atoms with van der Waals surface area (Å²) in [6.45, 7) is 1.61. The van der Waals surface area contributed by atoms with Gasteiger partial charge in [-0.3, -0.25) is 14.4 Å². The van der Waals surface area contributed by atoms with Crippen LogP contribution in [0.15, 0.2) is 53.6 Å². The monoisotopic (exact) mass is 265 g/mol. The average Bonchev–Trinajstić information content (AvgIpc) is 2.46. The number of carbonyl (C=O) groups excluding carboxylic acids is 3. The summed E-state index contributed by atoms with van der Waals surface area (Å²) in [4.78, 5) is 35.0. The van der Waals surface area contributed by atoms with Crippen molar-refractivity contribution in [2.45, 2.75) is 6.92 Å². The molecule has 4 heteroatoms. The van der Waals surface area contributed by atoms with Gasteiger partial charge in [-0.25, -0.2) is 0 Å². The first kappa shape index (κ1) is 13.6. The molecule has 2 rings (SSSR count). The second-order valence-corrected chi connectivity index (χ2v) is 4.45. The molecule has 0 N–H and O–H groups in total. The number of nitrogens with zero attached hydrogens (tertiary/aromatic N) is 1. The van der Waals surface area contributed by atoms with Crippen LogP contribution in [0.4, 0.5) is 0 Å². The van der Waals surface area contributed by atoms with Crippen LogP contribution in [-0.4, -0.2) is 17.3 Å². The molecule has 0 fully saturated rings. The van der Waals surface area contributed by atoms with E-state index in [-0.39, 0.29) is 5.78 Å². The molecule has 98 valence electrons. The minimum absolute atomic E-state index is 0.297. The maximum Gasteiger partial charge on any atom is 0.226 e. The molecule has 0 saturated carbocycles. The van der Waals surface area contributed by atoms with E-state index in [0.29, 0.717) is 16.7 Å². The van der Waals surface area contributed by atoms with Crippen molar-refractivity contribution in [3.8, 4) is 6.07 Å². The van der Waals surface area contributed by atoms with Gasteiger partial charge in [-0.2, -0.15) is 5.26 Å². The molecule has 0 spiro atoms. The maximum atomic E-state index is 12.3. The van der Waals surface area contributed by atoms with Crippen molar-refractivity contribution in [3.63, 3.8) is 0 Å². The predicted molar refractivity (Wildman–Crippen MR) is 71.7 cm³/mol. The van der Waals surface area contributed by atoms with Gasteiger partial charge >= 0.3 is 0 Å². The van der Waals surface area contributed by atoms with Gasteiger partial charge in [-0.15, -0.1) is 0 Å². The van der Waals surface area contributed by atoms with E-state index >= 15 is 0 Å². The Kier molecular flexibility index (Phi) is 3.72. The minimum atomic E-state index is -1.08. The molecule has 0 aliphatic heterocycles. The predicted octanol–water partition coefficient (Wildman–Crippen LogP) is 2.03. The van der Waals surface area contributed by atoms with Crippen LogP contribution in [0.3, 0.4) is 0 Å². The first-order chi connectivity index (χ1) is 9.54. The lowest BCUT2D eigenvalue weighted by molar-refractivity contribution is -0.131. The second kappa shape index (κ2) is 5.45. The van der Waals surface area contributed by atoms with E-state index in [9.17, 15) is 19.6 Å². The van der Waals surface area contributed by atoms with Crippen LogP contribution in [0.2, 0.25) is 0 Å². The number of hydrogen-bond donors (Lipinski definition) is 0. The first-order valence-corrected chi connectivity index (χ1v) is 6.02. The highest BCUT2D eigenvalue weighted by molar-refractivity contribution is 6.47. The van der Waals surface area contributed by atoms with Crippen molar-refractivity contribution in [2.75, 3.05) is 0 Å². The zero-order chi connectivity index (χ0) is 14.7. The molecule has 0 heterocycles. The lowest BCUT2D eigenvalue weighted by Gasteiger charge is -2.16. The number of carbonyl (C=O) groups is 3. The van der Waals surface area contributed by atoms with E-state index in [4.69, 9.17) is 0 Å². The molecule has 0 bridgehead atoms. The van der Waals surface area contributed by atoms with Crippen LogP contribution in [0, 0.1) is 17.2 Å². The summed E-state index contributed by atoms with van der Waals surface area (Å²) in [6.07, 6.45) is 2.26. The summed E-state index contributed by atoms with van der Waals surface area (Å²) in [6, 6.07) is 10.3. The van der Waals surface area contributed by atoms with Crippen molar-refractivity contribution in [2.24, 2.45) is 5.92 Å². The van der Waals surface area contributed by atoms with E-state index in [2.05, 4.69) is 0 Å². The largest absolute Gasteiger partial charge is 0.292 e. The molecule has 1 unspecified atom stereocenters. The summed E-state index contributed by atoms with van der Waals surface area (Å²) in [5, 5.41) is 9.24. The van der Waals surface area contributed by atoms with Gasteiger partial charge in [-0.1, -0.05) is 30.3 Å². The number of Topliss-reactive ketones (excluding diaryl/α,β-unsaturated/α-hetero) is 1. The normalized spacial score (nSPS) is 16.0. The lowest BCUT2D eigenvalue weighted by atomic mass is 9.84. The van der Waals surface area contributed by atoms with Gasteiger partial charge in [0.05, 0.1) is 6.07 Å². The Bertz CT molecular complexity index is 690. The Balaban J connectivity index is 2.40. The standard InChI is InChI=1S/C16H11NO3/c1-10-7-14(18)15(19)8-12(10)13(9-17)16(20)11-5-3-2-4-6-11/h2-8,13H,1H3. The van der Waals surface area contributed by atoms with Crippen LogP contribution in [0.25, 0.3) is 0 Å². The Hall–Kier alpha value is -2.80. The fourth-order valence-electron chi connectivity index (χ4n) is 2.03. The third kappa shape index (κ3) is 2.47. The average molecular weight is 265 g/mol. The SMILES string of the molecule is CC1=CC(=O)C(=O)C=C1C(C#N)C(=O)c1ccccc1. The molecule has 4 nitrogen and oxygen atoms in total. The van der Waals surface area contributed by atoms with Gasteiger partial charge in [-0.05, 0) is 30.2 Å². The Morgan fingerprint density at radius 2 is 1.70 bits per heavy atom. The number of rotatable bonds is 3. The van der Waals surface area contributed by atoms with Gasteiger partial charge < -0.3 is 0 Å². The van der Waals surface area contributed by atoms with E-state index in [1.165, 1.54) is 6.08 Å². The molecule has 20 heavy (non-hydrogen) atoms. The highest BCUT2D eigenvalue weighted by Gasteiger charge is 2.29. The van der Waals surface area contributed by atoms with Gasteiger partial charge in [0.1, 0.15) is 5.92 Å². The molecule has 0 amide bonds. The maximum absolute atomic E-state index is 12.3. The number of allylic oxidation sites excluding steroid dienone is 4. The van der Waals surface area contributed by atoms with Gasteiger partial charge in [0.25, 0.3) is 0 Å². The minimum Gasteiger partial charge on any atom is -0.292 e. The Morgan fingerprint density at radius 3 is 2.30 bits per heavy atom. The summed E-state index contributed by atoms with van der Waals surface area (Å²) < 4.78 is 0. The molecule has 1 aliphatic carbocycles. The molecule has 1 aromatic carbocycles. The van der Waals surface area contributed by atoms with E-state index < -0.39 is 17.5 Å². The quantitative estimate of drug-likeness (QED) is 0.476. The number of benzene rings is 1. The molecule has 0 aromatic heterocycles. The van der Waals surface area contributed by atoms with Crippen LogP contribution in [0.1, 0.15) is 17.3 Å². The third-order valence-corrected chi connectivity index (χ3v) is 3.09. The topological polar surface area (TPSA) is 75.0 Å². The zero-order valence-electron chi connectivity index (χ0n) is 10.8. The molecule has 1 atom stereocenters. The summed E-state index contributed by atoms with van der Waals surface area (Å²) in [7, 11) is 0. The highest BCUT2D eigenvalue weighted by atomic mass is 16.2. The van der Waals surface area contributed by atoms with Crippen molar-refractivity contribution in [3.05, 3.63) is 59.2 Å². The Morgan fingerprint density at radius 1 is 1.10 bits per heavy atom. The van der Waals surface area contributed by atoms with E-state index in [0.717, 1.165) is 6.08 Å². The number of hydrogen-bond acceptors (Lipinski definition) is 4. The van der Waals surface area contributed by atoms with Crippen LogP contribution < -0.4 is 0 Å². The molecule has 0 saturated heterocycles. The number of ketones is 3. The molecule has 1 aliphatic rings. The Labute approximate surface area is 116 Å². The first-order valence-electron chi connectivity index (χ1n) is 6.02. The van der Waals surface area contributed by atoms with Crippen molar-refractivity contribution in [1.29, 1.82) is 5.26 Å². The number of nitriles is 1. The fraction of sp³-hybridized carbons (Fsp3) is 0.125. The lowest BCUT2D eigenvalue weighted by Crippen LogP contribution is -2.22. The van der Waals surface area contributed by atoms with Crippen molar-refractivity contribution >= 4 is 17.3 Å². The highest BCUT2D eigenvalue weighted by Crippen LogP contribution is 2.25. The van der Waals surface area contributed by atoms with Crippen LogP contribution >= 0.6 is 0 Å². The van der Waals surface area contributed by atoms with E-state index in [1.54, 1.807) is 37.3 Å². The smallest absolute Gasteiger partial charge is 0.226 e. The van der Waals surface area contributed by atoms with Gasteiger partial charge in [0.2, 0.25) is 11.6 Å². The molecule has 1 aromatic rings. The van der Waals surface area contributed by atoms with Crippen LogP contribution in [0.5, 0.6) is 0 Å². The van der Waals surface area contributed by atoms with Crippen LogP contribution in [-0.2, 0) is 9.59 Å². The molecular formula is C16H11NO3. The zero-order valence-corrected chi connectivity index (χ0v) is 10.8.